The Kier molecular flexibility index (Phi) is 3.32. The first kappa shape index (κ1) is 12.2. The topological polar surface area (TPSA) is 64.2 Å². The van der Waals surface area contributed by atoms with E-state index in [1.54, 1.807) is 18.2 Å². The van der Waals surface area contributed by atoms with Crippen LogP contribution in [0, 0.1) is 0 Å². The van der Waals surface area contributed by atoms with Gasteiger partial charge >= 0.3 is 5.69 Å². The highest BCUT2D eigenvalue weighted by molar-refractivity contribution is 5.27. The van der Waals surface area contributed by atoms with Crippen LogP contribution in [0.5, 0.6) is 5.75 Å². The fourth-order valence-electron chi connectivity index (χ4n) is 1.78. The molecule has 2 aromatic rings. The van der Waals surface area contributed by atoms with E-state index in [4.69, 9.17) is 0 Å². The predicted molar refractivity (Wildman–Crippen MR) is 67.8 cm³/mol. The van der Waals surface area contributed by atoms with E-state index in [0.717, 1.165) is 4.57 Å². The zero-order valence-corrected chi connectivity index (χ0v) is 10.0. The number of aryl methyl sites for hydroxylation is 1. The van der Waals surface area contributed by atoms with Gasteiger partial charge in [0.1, 0.15) is 5.75 Å². The predicted octanol–water partition coefficient (Wildman–Crippen LogP) is 0.784. The highest BCUT2D eigenvalue weighted by Gasteiger charge is 2.05. The maximum absolute atomic E-state index is 12.0. The fraction of sp³-hybridized carbons (Fsp3) is 0.231. The quantitative estimate of drug-likeness (QED) is 0.870. The van der Waals surface area contributed by atoms with Gasteiger partial charge in [0.2, 0.25) is 0 Å². The van der Waals surface area contributed by atoms with Crippen molar-refractivity contribution >= 4 is 0 Å². The van der Waals surface area contributed by atoms with Crippen LogP contribution in [0.2, 0.25) is 0 Å². The number of hydrogen-bond acceptors (Lipinski definition) is 3. The van der Waals surface area contributed by atoms with Gasteiger partial charge in [0.15, 0.2) is 0 Å². The summed E-state index contributed by atoms with van der Waals surface area (Å²) in [6, 6.07) is 7.89. The van der Waals surface area contributed by atoms with E-state index in [1.807, 2.05) is 6.92 Å². The van der Waals surface area contributed by atoms with Crippen LogP contribution in [0.1, 0.15) is 12.5 Å². The largest absolute Gasteiger partial charge is 0.508 e. The van der Waals surface area contributed by atoms with Crippen molar-refractivity contribution in [2.45, 2.75) is 20.0 Å². The van der Waals surface area contributed by atoms with Crippen LogP contribution in [0.4, 0.5) is 0 Å². The number of hydrogen-bond donors (Lipinski definition) is 1. The molecule has 0 fully saturated rings. The van der Waals surface area contributed by atoms with Crippen molar-refractivity contribution in [3.63, 3.8) is 0 Å². The van der Waals surface area contributed by atoms with Crippen molar-refractivity contribution in [3.05, 3.63) is 62.9 Å². The van der Waals surface area contributed by atoms with E-state index in [-0.39, 0.29) is 23.5 Å². The Hall–Kier alpha value is -2.30. The molecule has 5 heteroatoms. The van der Waals surface area contributed by atoms with Gasteiger partial charge in [0.25, 0.3) is 5.56 Å². The smallest absolute Gasteiger partial charge is 0.331 e. The Morgan fingerprint density at radius 1 is 1.22 bits per heavy atom. The molecule has 0 saturated heterocycles. The molecule has 0 aliphatic heterocycles. The third-order valence-corrected chi connectivity index (χ3v) is 2.73. The van der Waals surface area contributed by atoms with Gasteiger partial charge in [-0.3, -0.25) is 9.36 Å². The van der Waals surface area contributed by atoms with Crippen LogP contribution >= 0.6 is 0 Å². The lowest BCUT2D eigenvalue weighted by molar-refractivity contribution is 0.474. The molecule has 0 aliphatic carbocycles. The summed E-state index contributed by atoms with van der Waals surface area (Å²) >= 11 is 0. The van der Waals surface area contributed by atoms with Crippen LogP contribution in [-0.4, -0.2) is 14.2 Å². The molecule has 0 amide bonds. The highest BCUT2D eigenvalue weighted by atomic mass is 16.3. The lowest BCUT2D eigenvalue weighted by Gasteiger charge is -2.08. The van der Waals surface area contributed by atoms with E-state index in [9.17, 15) is 14.7 Å². The van der Waals surface area contributed by atoms with Crippen molar-refractivity contribution in [3.8, 4) is 5.75 Å². The van der Waals surface area contributed by atoms with Gasteiger partial charge in [0.05, 0.1) is 6.54 Å². The molecule has 0 bridgehead atoms. The van der Waals surface area contributed by atoms with Gasteiger partial charge in [-0.2, -0.15) is 0 Å². The van der Waals surface area contributed by atoms with E-state index in [1.165, 1.54) is 22.9 Å². The third kappa shape index (κ3) is 2.34. The molecule has 18 heavy (non-hydrogen) atoms. The molecular formula is C13H14N2O3. The Morgan fingerprint density at radius 2 is 2.00 bits per heavy atom. The van der Waals surface area contributed by atoms with Crippen molar-refractivity contribution in [2.75, 3.05) is 0 Å². The summed E-state index contributed by atoms with van der Waals surface area (Å²) in [6.45, 7) is 2.51. The Bertz CT molecular complexity index is 670. The molecule has 0 radical (unpaired) electrons. The zero-order valence-electron chi connectivity index (χ0n) is 10.0. The molecule has 94 valence electrons. The molecule has 2 rings (SSSR count). The summed E-state index contributed by atoms with van der Waals surface area (Å²) in [5.74, 6) is 0.118. The minimum Gasteiger partial charge on any atom is -0.508 e. The molecule has 0 atom stereocenters. The van der Waals surface area contributed by atoms with Crippen molar-refractivity contribution in [1.29, 1.82) is 0 Å². The summed E-state index contributed by atoms with van der Waals surface area (Å²) in [7, 11) is 0. The van der Waals surface area contributed by atoms with Gasteiger partial charge in [-0.25, -0.2) is 4.79 Å². The summed E-state index contributed by atoms with van der Waals surface area (Å²) in [4.78, 5) is 23.7. The summed E-state index contributed by atoms with van der Waals surface area (Å²) in [5.41, 5.74) is 0.0319. The molecule has 0 unspecified atom stereocenters. The number of phenolic OH excluding ortho intramolecular Hbond substituents is 1. The van der Waals surface area contributed by atoms with Gasteiger partial charge in [0, 0.05) is 18.8 Å². The van der Waals surface area contributed by atoms with Crippen LogP contribution < -0.4 is 11.2 Å². The van der Waals surface area contributed by atoms with Gasteiger partial charge < -0.3 is 9.67 Å². The molecule has 0 aliphatic rings. The highest BCUT2D eigenvalue weighted by Crippen LogP contribution is 2.10. The molecule has 1 heterocycles. The lowest BCUT2D eigenvalue weighted by Crippen LogP contribution is -2.38. The molecule has 1 aromatic carbocycles. The molecule has 1 aromatic heterocycles. The number of nitrogens with zero attached hydrogens (tertiary/aromatic N) is 2. The van der Waals surface area contributed by atoms with E-state index in [2.05, 4.69) is 0 Å². The van der Waals surface area contributed by atoms with E-state index < -0.39 is 0 Å². The molecule has 0 saturated carbocycles. The Balaban J connectivity index is 2.46. The molecule has 5 nitrogen and oxygen atoms in total. The molecular weight excluding hydrogens is 232 g/mol. The monoisotopic (exact) mass is 246 g/mol. The number of benzene rings is 1. The average Bonchev–Trinajstić information content (AvgIpc) is 2.35. The first-order valence-corrected chi connectivity index (χ1v) is 5.70. The van der Waals surface area contributed by atoms with E-state index in [0.29, 0.717) is 12.1 Å². The number of rotatable bonds is 3. The van der Waals surface area contributed by atoms with E-state index >= 15 is 0 Å². The Morgan fingerprint density at radius 3 is 2.67 bits per heavy atom. The van der Waals surface area contributed by atoms with Crippen molar-refractivity contribution in [1.82, 2.24) is 9.13 Å². The van der Waals surface area contributed by atoms with Crippen molar-refractivity contribution in [2.24, 2.45) is 0 Å². The first-order valence-electron chi connectivity index (χ1n) is 5.70. The lowest BCUT2D eigenvalue weighted by atomic mass is 10.2. The second-order valence-corrected chi connectivity index (χ2v) is 3.98. The number of aromatic nitrogens is 2. The summed E-state index contributed by atoms with van der Waals surface area (Å²) in [6.07, 6.45) is 1.49. The Labute approximate surface area is 104 Å². The van der Waals surface area contributed by atoms with Crippen LogP contribution in [-0.2, 0) is 13.1 Å². The van der Waals surface area contributed by atoms with Crippen LogP contribution in [0.15, 0.2) is 46.1 Å². The minimum atomic E-state index is -0.340. The number of aromatic hydroxyl groups is 1. The third-order valence-electron chi connectivity index (χ3n) is 2.73. The maximum Gasteiger partial charge on any atom is 0.331 e. The summed E-state index contributed by atoms with van der Waals surface area (Å²) in [5, 5.41) is 9.36. The standard InChI is InChI=1S/C13H14N2O3/c1-2-14-7-6-12(17)15(13(14)18)9-10-4-3-5-11(16)8-10/h3-8,16H,2,9H2,1H3. The normalized spacial score (nSPS) is 10.5. The SMILES string of the molecule is CCn1ccc(=O)n(Cc2cccc(O)c2)c1=O. The fourth-order valence-corrected chi connectivity index (χ4v) is 1.78. The maximum atomic E-state index is 12.0. The molecule has 1 N–H and O–H groups in total. The second-order valence-electron chi connectivity index (χ2n) is 3.98. The van der Waals surface area contributed by atoms with Gasteiger partial charge in [-0.15, -0.1) is 0 Å². The number of phenols is 1. The molecule has 0 spiro atoms. The van der Waals surface area contributed by atoms with Crippen molar-refractivity contribution < 1.29 is 5.11 Å². The second kappa shape index (κ2) is 4.91. The van der Waals surface area contributed by atoms with Gasteiger partial charge in [-0.1, -0.05) is 12.1 Å². The summed E-state index contributed by atoms with van der Waals surface area (Å²) < 4.78 is 2.61. The van der Waals surface area contributed by atoms with Crippen LogP contribution in [0.25, 0.3) is 0 Å². The minimum absolute atomic E-state index is 0.118. The van der Waals surface area contributed by atoms with Gasteiger partial charge in [-0.05, 0) is 24.6 Å². The average molecular weight is 246 g/mol. The zero-order chi connectivity index (χ0) is 13.1. The van der Waals surface area contributed by atoms with Crippen LogP contribution in [0.3, 0.4) is 0 Å². The first-order chi connectivity index (χ1) is 8.61.